The first-order chi connectivity index (χ1) is 9.65. The molecule has 1 aliphatic rings. The maximum absolute atomic E-state index is 12.1. The van der Waals surface area contributed by atoms with Gasteiger partial charge in [0.1, 0.15) is 0 Å². The molecule has 1 aliphatic heterocycles. The summed E-state index contributed by atoms with van der Waals surface area (Å²) in [5.41, 5.74) is 0.830. The van der Waals surface area contributed by atoms with Crippen LogP contribution in [-0.4, -0.2) is 41.0 Å². The summed E-state index contributed by atoms with van der Waals surface area (Å²) in [5, 5.41) is 5.72. The fourth-order valence-corrected chi connectivity index (χ4v) is 2.35. The molecule has 108 valence electrons. The molecule has 0 spiro atoms. The molecular weight excluding hydrogens is 256 g/mol. The lowest BCUT2D eigenvalue weighted by molar-refractivity contribution is -0.119. The van der Waals surface area contributed by atoms with Crippen molar-refractivity contribution in [3.8, 4) is 0 Å². The van der Waals surface area contributed by atoms with Crippen LogP contribution in [0.25, 0.3) is 0 Å². The zero-order chi connectivity index (χ0) is 14.4. The molecule has 3 amide bonds. The minimum atomic E-state index is -0.106. The first-order valence-electron chi connectivity index (χ1n) is 6.85. The predicted molar refractivity (Wildman–Crippen MR) is 74.9 cm³/mol. The molecule has 6 nitrogen and oxygen atoms in total. The van der Waals surface area contributed by atoms with Crippen molar-refractivity contribution < 1.29 is 9.59 Å². The Bertz CT molecular complexity index is 464. The number of carbonyl (C=O) groups excluding carboxylic acids is 2. The van der Waals surface area contributed by atoms with E-state index in [2.05, 4.69) is 15.6 Å². The summed E-state index contributed by atoms with van der Waals surface area (Å²) in [6.07, 6.45) is 3.53. The minimum Gasteiger partial charge on any atom is -0.352 e. The van der Waals surface area contributed by atoms with Gasteiger partial charge in [-0.2, -0.15) is 0 Å². The lowest BCUT2D eigenvalue weighted by Gasteiger charge is -2.32. The van der Waals surface area contributed by atoms with Crippen molar-refractivity contribution in [3.63, 3.8) is 0 Å². The third kappa shape index (κ3) is 4.22. The average Bonchev–Trinajstić information content (AvgIpc) is 2.45. The molecule has 1 atom stereocenters. The fraction of sp³-hybridized carbons (Fsp3) is 0.500. The van der Waals surface area contributed by atoms with E-state index >= 15 is 0 Å². The summed E-state index contributed by atoms with van der Waals surface area (Å²) in [6.45, 7) is 3.21. The Hall–Kier alpha value is -2.11. The van der Waals surface area contributed by atoms with Gasteiger partial charge in [-0.15, -0.1) is 0 Å². The Kier molecular flexibility index (Phi) is 4.92. The molecule has 1 aromatic heterocycles. The summed E-state index contributed by atoms with van der Waals surface area (Å²) in [5.74, 6) is -0.0502. The molecular formula is C14H20N4O2. The largest absolute Gasteiger partial charge is 0.352 e. The van der Waals surface area contributed by atoms with E-state index in [1.54, 1.807) is 11.1 Å². The third-order valence-electron chi connectivity index (χ3n) is 3.26. The number of hydrogen-bond acceptors (Lipinski definition) is 3. The van der Waals surface area contributed by atoms with E-state index in [4.69, 9.17) is 0 Å². The zero-order valence-electron chi connectivity index (χ0n) is 11.6. The van der Waals surface area contributed by atoms with Crippen LogP contribution in [0, 0.1) is 0 Å². The van der Waals surface area contributed by atoms with Gasteiger partial charge in [0.15, 0.2) is 0 Å². The molecule has 2 N–H and O–H groups in total. The number of nitrogens with zero attached hydrogens (tertiary/aromatic N) is 2. The van der Waals surface area contributed by atoms with E-state index in [1.807, 2.05) is 18.2 Å². The van der Waals surface area contributed by atoms with Gasteiger partial charge >= 0.3 is 6.03 Å². The van der Waals surface area contributed by atoms with Gasteiger partial charge in [-0.25, -0.2) is 4.79 Å². The Labute approximate surface area is 118 Å². The minimum absolute atomic E-state index is 0.0502. The first-order valence-corrected chi connectivity index (χ1v) is 6.85. The normalized spacial score (nSPS) is 18.4. The number of hydrogen-bond donors (Lipinski definition) is 2. The molecule has 0 bridgehead atoms. The Balaban J connectivity index is 1.81. The smallest absolute Gasteiger partial charge is 0.317 e. The molecule has 0 radical (unpaired) electrons. The quantitative estimate of drug-likeness (QED) is 0.861. The summed E-state index contributed by atoms with van der Waals surface area (Å²) in [4.78, 5) is 29.0. The van der Waals surface area contributed by atoms with Gasteiger partial charge in [-0.3, -0.25) is 9.78 Å². The molecule has 1 saturated heterocycles. The van der Waals surface area contributed by atoms with E-state index in [9.17, 15) is 9.59 Å². The monoisotopic (exact) mass is 276 g/mol. The summed E-state index contributed by atoms with van der Waals surface area (Å²) < 4.78 is 0. The van der Waals surface area contributed by atoms with Crippen molar-refractivity contribution >= 4 is 11.9 Å². The van der Waals surface area contributed by atoms with Crippen LogP contribution < -0.4 is 10.6 Å². The number of likely N-dealkylation sites (tertiary alicyclic amines) is 1. The van der Waals surface area contributed by atoms with Gasteiger partial charge < -0.3 is 15.5 Å². The first kappa shape index (κ1) is 14.3. The number of piperidine rings is 1. The van der Waals surface area contributed by atoms with E-state index in [1.165, 1.54) is 6.92 Å². The van der Waals surface area contributed by atoms with E-state index in [-0.39, 0.29) is 18.0 Å². The van der Waals surface area contributed by atoms with Crippen molar-refractivity contribution in [1.29, 1.82) is 0 Å². The molecule has 0 aliphatic carbocycles. The molecule has 20 heavy (non-hydrogen) atoms. The molecule has 0 unspecified atom stereocenters. The van der Waals surface area contributed by atoms with Crippen molar-refractivity contribution in [3.05, 3.63) is 30.1 Å². The summed E-state index contributed by atoms with van der Waals surface area (Å²) in [7, 11) is 0. The number of aromatic nitrogens is 1. The van der Waals surface area contributed by atoms with Gasteiger partial charge in [-0.1, -0.05) is 6.07 Å². The van der Waals surface area contributed by atoms with Crippen molar-refractivity contribution in [2.45, 2.75) is 32.4 Å². The number of amides is 3. The Morgan fingerprint density at radius 3 is 3.00 bits per heavy atom. The van der Waals surface area contributed by atoms with Crippen LogP contribution in [-0.2, 0) is 11.3 Å². The van der Waals surface area contributed by atoms with Gasteiger partial charge in [0.05, 0.1) is 12.2 Å². The Morgan fingerprint density at radius 1 is 1.45 bits per heavy atom. The Morgan fingerprint density at radius 2 is 2.30 bits per heavy atom. The molecule has 6 heteroatoms. The van der Waals surface area contributed by atoms with Crippen LogP contribution in [0.3, 0.4) is 0 Å². The molecule has 2 rings (SSSR count). The zero-order valence-corrected chi connectivity index (χ0v) is 11.6. The van der Waals surface area contributed by atoms with Crippen molar-refractivity contribution in [1.82, 2.24) is 20.5 Å². The summed E-state index contributed by atoms with van der Waals surface area (Å²) >= 11 is 0. The SMILES string of the molecule is CC(=O)N[C@@H]1CCCN(C(=O)NCc2ccccn2)C1. The molecule has 0 aromatic carbocycles. The maximum atomic E-state index is 12.1. The lowest BCUT2D eigenvalue weighted by Crippen LogP contribution is -2.51. The highest BCUT2D eigenvalue weighted by Crippen LogP contribution is 2.10. The second kappa shape index (κ2) is 6.88. The molecule has 0 saturated carbocycles. The van der Waals surface area contributed by atoms with Crippen LogP contribution in [0.2, 0.25) is 0 Å². The number of carbonyl (C=O) groups is 2. The van der Waals surface area contributed by atoms with Gasteiger partial charge in [0, 0.05) is 32.3 Å². The van der Waals surface area contributed by atoms with Crippen LogP contribution >= 0.6 is 0 Å². The number of nitrogens with one attached hydrogen (secondary N) is 2. The topological polar surface area (TPSA) is 74.3 Å². The summed E-state index contributed by atoms with van der Waals surface area (Å²) in [6, 6.07) is 5.56. The highest BCUT2D eigenvalue weighted by Gasteiger charge is 2.23. The molecule has 2 heterocycles. The van der Waals surface area contributed by atoms with Crippen molar-refractivity contribution in [2.75, 3.05) is 13.1 Å². The van der Waals surface area contributed by atoms with Crippen molar-refractivity contribution in [2.24, 2.45) is 0 Å². The average molecular weight is 276 g/mol. The molecule has 1 fully saturated rings. The van der Waals surface area contributed by atoms with E-state index in [0.29, 0.717) is 13.1 Å². The fourth-order valence-electron chi connectivity index (χ4n) is 2.35. The maximum Gasteiger partial charge on any atom is 0.317 e. The third-order valence-corrected chi connectivity index (χ3v) is 3.26. The highest BCUT2D eigenvalue weighted by atomic mass is 16.2. The van der Waals surface area contributed by atoms with Crippen LogP contribution in [0.4, 0.5) is 4.79 Å². The lowest BCUT2D eigenvalue weighted by atomic mass is 10.1. The number of rotatable bonds is 3. The number of urea groups is 1. The van der Waals surface area contributed by atoms with Crippen LogP contribution in [0.5, 0.6) is 0 Å². The van der Waals surface area contributed by atoms with Gasteiger partial charge in [0.25, 0.3) is 0 Å². The predicted octanol–water partition coefficient (Wildman–Crippen LogP) is 0.892. The van der Waals surface area contributed by atoms with E-state index < -0.39 is 0 Å². The van der Waals surface area contributed by atoms with E-state index in [0.717, 1.165) is 25.1 Å². The second-order valence-electron chi connectivity index (χ2n) is 4.97. The van der Waals surface area contributed by atoms with Gasteiger partial charge in [-0.05, 0) is 25.0 Å². The van der Waals surface area contributed by atoms with Crippen LogP contribution in [0.1, 0.15) is 25.5 Å². The standard InChI is InChI=1S/C14H20N4O2/c1-11(19)17-13-6-4-8-18(10-13)14(20)16-9-12-5-2-3-7-15-12/h2-3,5,7,13H,4,6,8-10H2,1H3,(H,16,20)(H,17,19)/t13-/m1/s1. The highest BCUT2D eigenvalue weighted by molar-refractivity contribution is 5.75. The van der Waals surface area contributed by atoms with Crippen LogP contribution in [0.15, 0.2) is 24.4 Å². The molecule has 1 aromatic rings. The van der Waals surface area contributed by atoms with Gasteiger partial charge in [0.2, 0.25) is 5.91 Å². The number of pyridine rings is 1. The second-order valence-corrected chi connectivity index (χ2v) is 4.97.